The fourth-order valence-corrected chi connectivity index (χ4v) is 1.54. The standard InChI is InChI=1S/C10H12N2O/c1-2-10(13)8-5-12-9-6-11-4-3-7(8)9/h3-5,11-12H,2,6H2,1H3. The van der Waals surface area contributed by atoms with Gasteiger partial charge in [-0.1, -0.05) is 6.92 Å². The van der Waals surface area contributed by atoms with E-state index in [0.717, 1.165) is 23.4 Å². The molecule has 3 heteroatoms. The van der Waals surface area contributed by atoms with Crippen LogP contribution in [-0.2, 0) is 6.54 Å². The number of rotatable bonds is 2. The minimum atomic E-state index is 0.198. The second-order valence-corrected chi connectivity index (χ2v) is 3.09. The molecule has 0 saturated carbocycles. The minimum Gasteiger partial charge on any atom is -0.385 e. The molecule has 13 heavy (non-hydrogen) atoms. The quantitative estimate of drug-likeness (QED) is 0.673. The number of carbonyl (C=O) groups is 1. The van der Waals surface area contributed by atoms with Crippen molar-refractivity contribution >= 4 is 11.9 Å². The number of hydrogen-bond acceptors (Lipinski definition) is 2. The Kier molecular flexibility index (Phi) is 1.93. The maximum Gasteiger partial charge on any atom is 0.164 e. The van der Waals surface area contributed by atoms with Gasteiger partial charge in [0, 0.05) is 29.4 Å². The molecule has 1 aliphatic heterocycles. The number of ketones is 1. The average molecular weight is 176 g/mol. The van der Waals surface area contributed by atoms with Crippen LogP contribution in [0.1, 0.15) is 35.0 Å². The van der Waals surface area contributed by atoms with Gasteiger partial charge in [-0.25, -0.2) is 0 Å². The maximum absolute atomic E-state index is 11.5. The molecular formula is C10H12N2O. The van der Waals surface area contributed by atoms with Crippen molar-refractivity contribution in [3.63, 3.8) is 0 Å². The van der Waals surface area contributed by atoms with E-state index in [1.807, 2.05) is 19.2 Å². The van der Waals surface area contributed by atoms with E-state index >= 15 is 0 Å². The molecule has 0 amide bonds. The molecule has 0 aliphatic carbocycles. The second-order valence-electron chi connectivity index (χ2n) is 3.09. The fraction of sp³-hybridized carbons (Fsp3) is 0.300. The van der Waals surface area contributed by atoms with Gasteiger partial charge in [0.2, 0.25) is 0 Å². The zero-order valence-electron chi connectivity index (χ0n) is 7.55. The van der Waals surface area contributed by atoms with Crippen LogP contribution in [0.5, 0.6) is 0 Å². The third-order valence-corrected chi connectivity index (χ3v) is 2.27. The van der Waals surface area contributed by atoms with E-state index in [1.165, 1.54) is 0 Å². The van der Waals surface area contributed by atoms with Crippen molar-refractivity contribution in [1.29, 1.82) is 0 Å². The van der Waals surface area contributed by atoms with Crippen molar-refractivity contribution in [2.24, 2.45) is 0 Å². The lowest BCUT2D eigenvalue weighted by Gasteiger charge is -2.07. The SMILES string of the molecule is CCC(=O)c1c[nH]c2c1C=CNC2. The number of Topliss-reactive ketones (excluding diaryl/α,β-unsaturated/α-hetero) is 1. The largest absolute Gasteiger partial charge is 0.385 e. The van der Waals surface area contributed by atoms with Crippen LogP contribution in [-0.4, -0.2) is 10.8 Å². The van der Waals surface area contributed by atoms with E-state index in [2.05, 4.69) is 10.3 Å². The summed E-state index contributed by atoms with van der Waals surface area (Å²) in [5.41, 5.74) is 2.96. The first-order chi connectivity index (χ1) is 6.33. The second kappa shape index (κ2) is 3.09. The molecule has 2 heterocycles. The fourth-order valence-electron chi connectivity index (χ4n) is 1.54. The number of H-pyrrole nitrogens is 1. The van der Waals surface area contributed by atoms with Crippen LogP contribution in [0.2, 0.25) is 0 Å². The van der Waals surface area contributed by atoms with Gasteiger partial charge in [0.05, 0.1) is 6.54 Å². The molecular weight excluding hydrogens is 164 g/mol. The summed E-state index contributed by atoms with van der Waals surface area (Å²) in [4.78, 5) is 14.6. The number of nitrogens with one attached hydrogen (secondary N) is 2. The van der Waals surface area contributed by atoms with Crippen molar-refractivity contribution in [3.05, 3.63) is 29.2 Å². The summed E-state index contributed by atoms with van der Waals surface area (Å²) in [7, 11) is 0. The summed E-state index contributed by atoms with van der Waals surface area (Å²) in [6.45, 7) is 2.66. The molecule has 1 aromatic rings. The molecule has 0 radical (unpaired) electrons. The highest BCUT2D eigenvalue weighted by Gasteiger charge is 2.15. The third-order valence-electron chi connectivity index (χ3n) is 2.27. The first kappa shape index (κ1) is 8.10. The Balaban J connectivity index is 2.44. The Labute approximate surface area is 76.8 Å². The highest BCUT2D eigenvalue weighted by Crippen LogP contribution is 2.19. The molecule has 0 unspecified atom stereocenters. The van der Waals surface area contributed by atoms with Crippen molar-refractivity contribution < 1.29 is 4.79 Å². The van der Waals surface area contributed by atoms with Crippen molar-refractivity contribution in [3.8, 4) is 0 Å². The van der Waals surface area contributed by atoms with Crippen LogP contribution >= 0.6 is 0 Å². The highest BCUT2D eigenvalue weighted by atomic mass is 16.1. The lowest BCUT2D eigenvalue weighted by atomic mass is 10.0. The summed E-state index contributed by atoms with van der Waals surface area (Å²) < 4.78 is 0. The van der Waals surface area contributed by atoms with E-state index in [0.29, 0.717) is 6.42 Å². The summed E-state index contributed by atoms with van der Waals surface area (Å²) in [6.07, 6.45) is 6.18. The topological polar surface area (TPSA) is 44.9 Å². The maximum atomic E-state index is 11.5. The number of aromatic amines is 1. The molecule has 1 aliphatic rings. The number of fused-ring (bicyclic) bond motifs is 1. The van der Waals surface area contributed by atoms with E-state index in [9.17, 15) is 4.79 Å². The molecule has 0 bridgehead atoms. The first-order valence-corrected chi connectivity index (χ1v) is 4.46. The molecule has 1 aromatic heterocycles. The first-order valence-electron chi connectivity index (χ1n) is 4.46. The molecule has 0 fully saturated rings. The molecule has 0 atom stereocenters. The Bertz CT molecular complexity index is 363. The number of hydrogen-bond donors (Lipinski definition) is 2. The monoisotopic (exact) mass is 176 g/mol. The zero-order chi connectivity index (χ0) is 9.26. The van der Waals surface area contributed by atoms with Gasteiger partial charge in [-0.3, -0.25) is 4.79 Å². The van der Waals surface area contributed by atoms with Crippen LogP contribution in [0.15, 0.2) is 12.4 Å². The van der Waals surface area contributed by atoms with Gasteiger partial charge in [0.1, 0.15) is 0 Å². The van der Waals surface area contributed by atoms with Gasteiger partial charge >= 0.3 is 0 Å². The van der Waals surface area contributed by atoms with E-state index in [1.54, 1.807) is 6.20 Å². The van der Waals surface area contributed by atoms with Gasteiger partial charge in [-0.05, 0) is 12.3 Å². The van der Waals surface area contributed by atoms with Crippen molar-refractivity contribution in [2.75, 3.05) is 0 Å². The molecule has 3 nitrogen and oxygen atoms in total. The predicted octanol–water partition coefficient (Wildman–Crippen LogP) is 1.68. The van der Waals surface area contributed by atoms with Gasteiger partial charge < -0.3 is 10.3 Å². The Morgan fingerprint density at radius 3 is 3.23 bits per heavy atom. The van der Waals surface area contributed by atoms with Crippen LogP contribution in [0.3, 0.4) is 0 Å². The summed E-state index contributed by atoms with van der Waals surface area (Å²) in [6, 6.07) is 0. The molecule has 0 saturated heterocycles. The van der Waals surface area contributed by atoms with Gasteiger partial charge in [0.15, 0.2) is 5.78 Å². The minimum absolute atomic E-state index is 0.198. The number of aromatic nitrogens is 1. The van der Waals surface area contributed by atoms with Crippen LogP contribution < -0.4 is 5.32 Å². The normalized spacial score (nSPS) is 13.6. The van der Waals surface area contributed by atoms with Gasteiger partial charge in [-0.15, -0.1) is 0 Å². The van der Waals surface area contributed by atoms with Gasteiger partial charge in [-0.2, -0.15) is 0 Å². The zero-order valence-corrected chi connectivity index (χ0v) is 7.55. The van der Waals surface area contributed by atoms with Crippen molar-refractivity contribution in [1.82, 2.24) is 10.3 Å². The molecule has 2 N–H and O–H groups in total. The van der Waals surface area contributed by atoms with E-state index < -0.39 is 0 Å². The number of carbonyl (C=O) groups excluding carboxylic acids is 1. The smallest absolute Gasteiger partial charge is 0.164 e. The predicted molar refractivity (Wildman–Crippen MR) is 51.3 cm³/mol. The average Bonchev–Trinajstić information content (AvgIpc) is 2.60. The van der Waals surface area contributed by atoms with Crippen LogP contribution in [0.25, 0.3) is 6.08 Å². The van der Waals surface area contributed by atoms with Crippen LogP contribution in [0.4, 0.5) is 0 Å². The van der Waals surface area contributed by atoms with Crippen molar-refractivity contribution in [2.45, 2.75) is 19.9 Å². The Morgan fingerprint density at radius 2 is 2.46 bits per heavy atom. The molecule has 2 rings (SSSR count). The molecule has 68 valence electrons. The highest BCUT2D eigenvalue weighted by molar-refractivity contribution is 5.99. The van der Waals surface area contributed by atoms with Gasteiger partial charge in [0.25, 0.3) is 0 Å². The van der Waals surface area contributed by atoms with E-state index in [-0.39, 0.29) is 5.78 Å². The molecule has 0 spiro atoms. The lowest BCUT2D eigenvalue weighted by Crippen LogP contribution is -2.10. The Hall–Kier alpha value is -1.51. The Morgan fingerprint density at radius 1 is 1.62 bits per heavy atom. The van der Waals surface area contributed by atoms with E-state index in [4.69, 9.17) is 0 Å². The van der Waals surface area contributed by atoms with Crippen LogP contribution in [0, 0.1) is 0 Å². The lowest BCUT2D eigenvalue weighted by molar-refractivity contribution is 0.0988. The summed E-state index contributed by atoms with van der Waals surface area (Å²) in [5, 5.41) is 3.09. The summed E-state index contributed by atoms with van der Waals surface area (Å²) >= 11 is 0. The summed E-state index contributed by atoms with van der Waals surface area (Å²) in [5.74, 6) is 0.198. The third kappa shape index (κ3) is 1.26. The molecule has 0 aromatic carbocycles.